The number of amides is 1. The van der Waals surface area contributed by atoms with Gasteiger partial charge in [-0.1, -0.05) is 50.2 Å². The Labute approximate surface area is 174 Å². The number of esters is 1. The highest BCUT2D eigenvalue weighted by Gasteiger charge is 2.06. The summed E-state index contributed by atoms with van der Waals surface area (Å²) < 4.78 is 6.04. The van der Waals surface area contributed by atoms with Crippen LogP contribution in [0.5, 0.6) is 0 Å². The van der Waals surface area contributed by atoms with Gasteiger partial charge in [-0.15, -0.1) is 11.3 Å². The maximum atomic E-state index is 11.9. The van der Waals surface area contributed by atoms with Gasteiger partial charge in [0.15, 0.2) is 6.61 Å². The molecule has 0 aliphatic rings. The summed E-state index contributed by atoms with van der Waals surface area (Å²) in [6, 6.07) is 16.1. The van der Waals surface area contributed by atoms with Crippen LogP contribution in [0.3, 0.4) is 0 Å². The minimum Gasteiger partial charge on any atom is -0.452 e. The van der Waals surface area contributed by atoms with Gasteiger partial charge in [-0.25, -0.2) is 9.78 Å². The van der Waals surface area contributed by atoms with Crippen LogP contribution in [-0.4, -0.2) is 30.0 Å². The second-order valence-corrected chi connectivity index (χ2v) is 8.02. The first-order chi connectivity index (χ1) is 14.0. The number of fused-ring (bicyclic) bond motifs is 1. The van der Waals surface area contributed by atoms with Gasteiger partial charge in [0, 0.05) is 12.6 Å². The first-order valence-electron chi connectivity index (χ1n) is 9.57. The van der Waals surface area contributed by atoms with Crippen molar-refractivity contribution in [1.82, 2.24) is 10.3 Å². The highest BCUT2D eigenvalue weighted by molar-refractivity contribution is 7.19. The highest BCUT2D eigenvalue weighted by Crippen LogP contribution is 2.22. The predicted molar refractivity (Wildman–Crippen MR) is 117 cm³/mol. The van der Waals surface area contributed by atoms with Crippen LogP contribution in [0.1, 0.15) is 35.9 Å². The zero-order chi connectivity index (χ0) is 20.6. The molecule has 0 atom stereocenters. The molecule has 1 aromatic heterocycles. The fourth-order valence-electron chi connectivity index (χ4n) is 2.75. The molecule has 1 amide bonds. The molecule has 0 radical (unpaired) electrons. The number of rotatable bonds is 8. The van der Waals surface area contributed by atoms with Gasteiger partial charge in [-0.3, -0.25) is 4.79 Å². The third kappa shape index (κ3) is 6.26. The van der Waals surface area contributed by atoms with E-state index in [1.165, 1.54) is 23.0 Å². The maximum Gasteiger partial charge on any atom is 0.331 e. The largest absolute Gasteiger partial charge is 0.452 e. The molecular formula is C23H24N2O3S. The van der Waals surface area contributed by atoms with Crippen molar-refractivity contribution in [3.05, 3.63) is 70.7 Å². The zero-order valence-electron chi connectivity index (χ0n) is 16.6. The molecule has 0 saturated heterocycles. The van der Waals surface area contributed by atoms with Gasteiger partial charge in [-0.2, -0.15) is 0 Å². The number of para-hydroxylation sites is 1. The first-order valence-corrected chi connectivity index (χ1v) is 10.4. The molecule has 1 heterocycles. The number of hydrogen-bond donors (Lipinski definition) is 1. The zero-order valence-corrected chi connectivity index (χ0v) is 17.4. The lowest BCUT2D eigenvalue weighted by Crippen LogP contribution is -2.30. The summed E-state index contributed by atoms with van der Waals surface area (Å²) in [6.45, 7) is 4.52. The second kappa shape index (κ2) is 9.98. The van der Waals surface area contributed by atoms with Gasteiger partial charge in [0.25, 0.3) is 5.91 Å². The number of nitrogens with zero attached hydrogens (tertiary/aromatic N) is 1. The Kier molecular flexibility index (Phi) is 7.14. The number of carbonyl (C=O) groups excluding carboxylic acids is 2. The number of carbonyl (C=O) groups is 2. The van der Waals surface area contributed by atoms with Gasteiger partial charge in [0.2, 0.25) is 0 Å². The van der Waals surface area contributed by atoms with Crippen LogP contribution < -0.4 is 5.32 Å². The van der Waals surface area contributed by atoms with Crippen molar-refractivity contribution >= 4 is 39.5 Å². The maximum absolute atomic E-state index is 11.9. The van der Waals surface area contributed by atoms with Crippen molar-refractivity contribution in [3.8, 4) is 0 Å². The number of aromatic nitrogens is 1. The molecule has 150 valence electrons. The molecule has 0 aliphatic carbocycles. The Morgan fingerprint density at radius 2 is 1.90 bits per heavy atom. The second-order valence-electron chi connectivity index (χ2n) is 6.96. The lowest BCUT2D eigenvalue weighted by molar-refractivity contribution is -0.143. The molecule has 0 unspecified atom stereocenters. The summed E-state index contributed by atoms with van der Waals surface area (Å²) in [5, 5.41) is 3.48. The summed E-state index contributed by atoms with van der Waals surface area (Å²) in [5.74, 6) is -0.378. The Balaban J connectivity index is 1.37. The van der Waals surface area contributed by atoms with E-state index in [0.29, 0.717) is 12.5 Å². The monoisotopic (exact) mass is 408 g/mol. The fraction of sp³-hybridized carbons (Fsp3) is 0.261. The highest BCUT2D eigenvalue weighted by atomic mass is 32.1. The van der Waals surface area contributed by atoms with E-state index in [1.807, 2.05) is 24.3 Å². The quantitative estimate of drug-likeness (QED) is 0.445. The average molecular weight is 409 g/mol. The number of hydrogen-bond acceptors (Lipinski definition) is 5. The molecule has 2 aromatic carbocycles. The molecule has 5 nitrogen and oxygen atoms in total. The van der Waals surface area contributed by atoms with Gasteiger partial charge >= 0.3 is 5.97 Å². The van der Waals surface area contributed by atoms with E-state index in [1.54, 1.807) is 6.08 Å². The van der Waals surface area contributed by atoms with E-state index in [9.17, 15) is 9.59 Å². The van der Waals surface area contributed by atoms with Crippen LogP contribution in [0.25, 0.3) is 16.3 Å². The molecule has 0 saturated carbocycles. The van der Waals surface area contributed by atoms with E-state index in [2.05, 4.69) is 48.4 Å². The van der Waals surface area contributed by atoms with E-state index in [0.717, 1.165) is 27.2 Å². The summed E-state index contributed by atoms with van der Waals surface area (Å²) in [4.78, 5) is 28.1. The van der Waals surface area contributed by atoms with Crippen LogP contribution in [0.2, 0.25) is 0 Å². The van der Waals surface area contributed by atoms with E-state index < -0.39 is 5.97 Å². The number of benzene rings is 2. The van der Waals surface area contributed by atoms with Crippen molar-refractivity contribution in [1.29, 1.82) is 0 Å². The summed E-state index contributed by atoms with van der Waals surface area (Å²) in [7, 11) is 0. The van der Waals surface area contributed by atoms with Gasteiger partial charge in [0.1, 0.15) is 5.01 Å². The summed E-state index contributed by atoms with van der Waals surface area (Å²) in [6.07, 6.45) is 3.63. The minimum absolute atomic E-state index is 0.296. The Morgan fingerprint density at radius 3 is 2.62 bits per heavy atom. The van der Waals surface area contributed by atoms with Crippen molar-refractivity contribution in [2.24, 2.45) is 0 Å². The van der Waals surface area contributed by atoms with Crippen LogP contribution in [0.4, 0.5) is 0 Å². The van der Waals surface area contributed by atoms with Gasteiger partial charge < -0.3 is 10.1 Å². The summed E-state index contributed by atoms with van der Waals surface area (Å²) in [5.41, 5.74) is 3.35. The SMILES string of the molecule is CC(C)c1ccc(CCNC(=O)COC(=O)/C=C/c2nc3ccccc3s2)cc1. The molecule has 0 aliphatic heterocycles. The summed E-state index contributed by atoms with van der Waals surface area (Å²) >= 11 is 1.49. The van der Waals surface area contributed by atoms with Crippen LogP contribution >= 0.6 is 11.3 Å². The van der Waals surface area contributed by atoms with E-state index >= 15 is 0 Å². The number of ether oxygens (including phenoxy) is 1. The Hall–Kier alpha value is -2.99. The Morgan fingerprint density at radius 1 is 1.14 bits per heavy atom. The third-order valence-corrected chi connectivity index (χ3v) is 5.40. The predicted octanol–water partition coefficient (Wildman–Crippen LogP) is 4.34. The molecule has 6 heteroatoms. The van der Waals surface area contributed by atoms with Crippen molar-refractivity contribution in [3.63, 3.8) is 0 Å². The lowest BCUT2D eigenvalue weighted by Gasteiger charge is -2.08. The topological polar surface area (TPSA) is 68.3 Å². The van der Waals surface area contributed by atoms with Gasteiger partial charge in [0.05, 0.1) is 10.2 Å². The van der Waals surface area contributed by atoms with Crippen LogP contribution in [-0.2, 0) is 20.7 Å². The van der Waals surface area contributed by atoms with Crippen LogP contribution in [0.15, 0.2) is 54.6 Å². The molecule has 3 aromatic rings. The standard InChI is InChI=1S/C23H24N2O3S/c1-16(2)18-9-7-17(8-10-18)13-14-24-21(26)15-28-23(27)12-11-22-25-19-5-3-4-6-20(19)29-22/h3-12,16H,13-15H2,1-2H3,(H,24,26)/b12-11+. The molecule has 0 spiro atoms. The number of nitrogens with one attached hydrogen (secondary N) is 1. The van der Waals surface area contributed by atoms with E-state index in [-0.39, 0.29) is 12.5 Å². The van der Waals surface area contributed by atoms with Gasteiger partial charge in [-0.05, 0) is 41.7 Å². The lowest BCUT2D eigenvalue weighted by atomic mass is 10.0. The minimum atomic E-state index is -0.566. The van der Waals surface area contributed by atoms with Crippen molar-refractivity contribution in [2.75, 3.05) is 13.2 Å². The number of thiazole rings is 1. The smallest absolute Gasteiger partial charge is 0.331 e. The molecule has 1 N–H and O–H groups in total. The first kappa shape index (κ1) is 20.7. The third-order valence-electron chi connectivity index (χ3n) is 4.40. The fourth-order valence-corrected chi connectivity index (χ4v) is 3.62. The van der Waals surface area contributed by atoms with Crippen molar-refractivity contribution in [2.45, 2.75) is 26.2 Å². The molecule has 0 bridgehead atoms. The van der Waals surface area contributed by atoms with E-state index in [4.69, 9.17) is 4.74 Å². The average Bonchev–Trinajstić information content (AvgIpc) is 3.14. The molecule has 0 fully saturated rings. The molecular weight excluding hydrogens is 384 g/mol. The Bertz CT molecular complexity index is 973. The normalized spacial score (nSPS) is 11.3. The molecule has 3 rings (SSSR count). The van der Waals surface area contributed by atoms with Crippen molar-refractivity contribution < 1.29 is 14.3 Å². The molecule has 29 heavy (non-hydrogen) atoms. The van der Waals surface area contributed by atoms with Crippen LogP contribution in [0, 0.1) is 0 Å².